The SMILES string of the molecule is CC1(c2ccccc2)NC(=O)N(CC(=O)N(Cc2ccco2)Cc2cccs2)C1=O. The topological polar surface area (TPSA) is 82.9 Å². The lowest BCUT2D eigenvalue weighted by molar-refractivity contribution is -0.139. The fourth-order valence-corrected chi connectivity index (χ4v) is 4.18. The van der Waals surface area contributed by atoms with E-state index in [1.54, 1.807) is 54.5 Å². The van der Waals surface area contributed by atoms with Gasteiger partial charge in [-0.15, -0.1) is 11.3 Å². The molecule has 1 atom stereocenters. The molecule has 0 radical (unpaired) electrons. The molecule has 0 spiro atoms. The summed E-state index contributed by atoms with van der Waals surface area (Å²) < 4.78 is 5.39. The molecular formula is C22H21N3O4S. The number of imide groups is 1. The van der Waals surface area contributed by atoms with Crippen LogP contribution in [0.3, 0.4) is 0 Å². The average molecular weight is 423 g/mol. The molecule has 0 bridgehead atoms. The summed E-state index contributed by atoms with van der Waals surface area (Å²) in [6, 6.07) is 15.8. The van der Waals surface area contributed by atoms with E-state index in [0.717, 1.165) is 9.78 Å². The summed E-state index contributed by atoms with van der Waals surface area (Å²) in [4.78, 5) is 42.3. The number of nitrogens with zero attached hydrogens (tertiary/aromatic N) is 2. The molecule has 1 aromatic carbocycles. The predicted octanol–water partition coefficient (Wildman–Crippen LogP) is 3.34. The third kappa shape index (κ3) is 3.86. The van der Waals surface area contributed by atoms with Crippen molar-refractivity contribution in [3.8, 4) is 0 Å². The summed E-state index contributed by atoms with van der Waals surface area (Å²) in [5, 5.41) is 4.67. The molecule has 4 rings (SSSR count). The van der Waals surface area contributed by atoms with Gasteiger partial charge in [0.05, 0.1) is 19.4 Å². The number of carbonyl (C=O) groups is 3. The molecule has 30 heavy (non-hydrogen) atoms. The first-order chi connectivity index (χ1) is 14.5. The number of thiophene rings is 1. The van der Waals surface area contributed by atoms with Crippen LogP contribution in [0.1, 0.15) is 23.1 Å². The normalized spacial score (nSPS) is 18.5. The van der Waals surface area contributed by atoms with Crippen LogP contribution in [0.4, 0.5) is 4.79 Å². The third-order valence-electron chi connectivity index (χ3n) is 5.13. The molecule has 7 nitrogen and oxygen atoms in total. The molecule has 1 aliphatic heterocycles. The third-order valence-corrected chi connectivity index (χ3v) is 5.99. The summed E-state index contributed by atoms with van der Waals surface area (Å²) in [5.74, 6) is -0.145. The number of hydrogen-bond donors (Lipinski definition) is 1. The van der Waals surface area contributed by atoms with Gasteiger partial charge in [-0.25, -0.2) is 4.79 Å². The molecule has 1 aliphatic rings. The van der Waals surface area contributed by atoms with Gasteiger partial charge in [0.2, 0.25) is 5.91 Å². The van der Waals surface area contributed by atoms with Gasteiger partial charge in [0, 0.05) is 4.88 Å². The molecule has 1 N–H and O–H groups in total. The smallest absolute Gasteiger partial charge is 0.325 e. The summed E-state index contributed by atoms with van der Waals surface area (Å²) in [5.41, 5.74) is -0.526. The number of urea groups is 1. The molecule has 1 saturated heterocycles. The maximum atomic E-state index is 13.1. The van der Waals surface area contributed by atoms with E-state index in [4.69, 9.17) is 4.42 Å². The Balaban J connectivity index is 1.52. The molecular weight excluding hydrogens is 402 g/mol. The van der Waals surface area contributed by atoms with Crippen LogP contribution in [0.2, 0.25) is 0 Å². The number of carbonyl (C=O) groups excluding carboxylic acids is 3. The van der Waals surface area contributed by atoms with Gasteiger partial charge in [-0.05, 0) is 36.1 Å². The second kappa shape index (κ2) is 8.16. The first kappa shape index (κ1) is 19.9. The number of rotatable bonds is 7. The zero-order valence-electron chi connectivity index (χ0n) is 16.4. The lowest BCUT2D eigenvalue weighted by atomic mass is 9.92. The highest BCUT2D eigenvalue weighted by molar-refractivity contribution is 7.09. The Labute approximate surface area is 177 Å². The van der Waals surface area contributed by atoms with E-state index < -0.39 is 17.5 Å². The Morgan fingerprint density at radius 2 is 1.90 bits per heavy atom. The second-order valence-electron chi connectivity index (χ2n) is 7.22. The van der Waals surface area contributed by atoms with E-state index in [9.17, 15) is 14.4 Å². The van der Waals surface area contributed by atoms with Crippen LogP contribution in [0, 0.1) is 0 Å². The van der Waals surface area contributed by atoms with Gasteiger partial charge < -0.3 is 14.6 Å². The van der Waals surface area contributed by atoms with Crippen molar-refractivity contribution in [1.82, 2.24) is 15.1 Å². The quantitative estimate of drug-likeness (QED) is 0.591. The van der Waals surface area contributed by atoms with Gasteiger partial charge in [0.1, 0.15) is 17.8 Å². The number of amides is 4. The van der Waals surface area contributed by atoms with Crippen LogP contribution < -0.4 is 5.32 Å². The van der Waals surface area contributed by atoms with Crippen LogP contribution in [0.25, 0.3) is 0 Å². The highest BCUT2D eigenvalue weighted by atomic mass is 32.1. The minimum absolute atomic E-state index is 0.253. The molecule has 1 unspecified atom stereocenters. The zero-order chi connectivity index (χ0) is 21.1. The summed E-state index contributed by atoms with van der Waals surface area (Å²) in [6.07, 6.45) is 1.55. The monoisotopic (exact) mass is 423 g/mol. The van der Waals surface area contributed by atoms with E-state index in [1.165, 1.54) is 11.3 Å². The number of furan rings is 1. The predicted molar refractivity (Wildman–Crippen MR) is 111 cm³/mol. The number of benzene rings is 1. The Kier molecular flexibility index (Phi) is 5.41. The Morgan fingerprint density at radius 1 is 1.10 bits per heavy atom. The van der Waals surface area contributed by atoms with Crippen molar-refractivity contribution in [1.29, 1.82) is 0 Å². The fraction of sp³-hybridized carbons (Fsp3) is 0.227. The molecule has 0 aliphatic carbocycles. The largest absolute Gasteiger partial charge is 0.467 e. The van der Waals surface area contributed by atoms with Crippen molar-refractivity contribution in [2.45, 2.75) is 25.6 Å². The Hall–Kier alpha value is -3.39. The van der Waals surface area contributed by atoms with Crippen LogP contribution >= 0.6 is 11.3 Å². The van der Waals surface area contributed by atoms with E-state index in [2.05, 4.69) is 5.32 Å². The number of nitrogens with one attached hydrogen (secondary N) is 1. The van der Waals surface area contributed by atoms with Crippen molar-refractivity contribution in [2.75, 3.05) is 6.54 Å². The maximum absolute atomic E-state index is 13.1. The fourth-order valence-electron chi connectivity index (χ4n) is 3.46. The van der Waals surface area contributed by atoms with Crippen LogP contribution in [0.5, 0.6) is 0 Å². The van der Waals surface area contributed by atoms with Crippen LogP contribution in [-0.4, -0.2) is 34.2 Å². The van der Waals surface area contributed by atoms with E-state index in [0.29, 0.717) is 17.9 Å². The molecule has 2 aromatic heterocycles. The minimum atomic E-state index is -1.20. The van der Waals surface area contributed by atoms with Crippen LogP contribution in [0.15, 0.2) is 70.7 Å². The van der Waals surface area contributed by atoms with Gasteiger partial charge in [-0.2, -0.15) is 0 Å². The van der Waals surface area contributed by atoms with Crippen molar-refractivity contribution in [3.63, 3.8) is 0 Å². The molecule has 0 saturated carbocycles. The highest BCUT2D eigenvalue weighted by Crippen LogP contribution is 2.28. The summed E-state index contributed by atoms with van der Waals surface area (Å²) in [6.45, 7) is 1.94. The molecule has 4 amide bonds. The first-order valence-electron chi connectivity index (χ1n) is 9.49. The van der Waals surface area contributed by atoms with Crippen molar-refractivity contribution in [3.05, 3.63) is 82.4 Å². The van der Waals surface area contributed by atoms with Crippen molar-refractivity contribution < 1.29 is 18.8 Å². The molecule has 154 valence electrons. The van der Waals surface area contributed by atoms with Gasteiger partial charge in [-0.3, -0.25) is 14.5 Å². The van der Waals surface area contributed by atoms with Crippen molar-refractivity contribution >= 4 is 29.2 Å². The summed E-state index contributed by atoms with van der Waals surface area (Å²) >= 11 is 1.54. The van der Waals surface area contributed by atoms with Gasteiger partial charge in [0.15, 0.2) is 0 Å². The highest BCUT2D eigenvalue weighted by Gasteiger charge is 2.49. The van der Waals surface area contributed by atoms with Crippen LogP contribution in [-0.2, 0) is 28.2 Å². The molecule has 3 aromatic rings. The first-order valence-corrected chi connectivity index (χ1v) is 10.4. The van der Waals surface area contributed by atoms with Gasteiger partial charge in [0.25, 0.3) is 5.91 Å². The lowest BCUT2D eigenvalue weighted by Gasteiger charge is -2.24. The number of hydrogen-bond acceptors (Lipinski definition) is 5. The van der Waals surface area contributed by atoms with E-state index in [-0.39, 0.29) is 19.0 Å². The van der Waals surface area contributed by atoms with Gasteiger partial charge >= 0.3 is 6.03 Å². The zero-order valence-corrected chi connectivity index (χ0v) is 17.2. The Morgan fingerprint density at radius 3 is 2.57 bits per heavy atom. The van der Waals surface area contributed by atoms with Gasteiger partial charge in [-0.1, -0.05) is 36.4 Å². The summed E-state index contributed by atoms with van der Waals surface area (Å²) in [7, 11) is 0. The van der Waals surface area contributed by atoms with Crippen molar-refractivity contribution in [2.24, 2.45) is 0 Å². The maximum Gasteiger partial charge on any atom is 0.325 e. The van der Waals surface area contributed by atoms with E-state index >= 15 is 0 Å². The second-order valence-corrected chi connectivity index (χ2v) is 8.25. The molecule has 8 heteroatoms. The molecule has 3 heterocycles. The van der Waals surface area contributed by atoms with E-state index in [1.807, 2.05) is 23.6 Å². The molecule has 1 fully saturated rings. The average Bonchev–Trinajstić information content (AvgIpc) is 3.48. The standard InChI is InChI=1S/C22H21N3O4S/c1-22(16-7-3-2-4-8-16)20(27)25(21(28)23-22)15-19(26)24(13-17-9-5-11-29-17)14-18-10-6-12-30-18/h2-12H,13-15H2,1H3,(H,23,28). The Bertz CT molecular complexity index is 998. The lowest BCUT2D eigenvalue weighted by Crippen LogP contribution is -2.44. The minimum Gasteiger partial charge on any atom is -0.467 e.